The van der Waals surface area contributed by atoms with Gasteiger partial charge in [-0.2, -0.15) is 5.26 Å². The molecule has 1 aromatic heterocycles. The molecular weight excluding hydrogens is 287 g/mol. The van der Waals surface area contributed by atoms with Crippen molar-refractivity contribution < 1.29 is 12.8 Å². The van der Waals surface area contributed by atoms with Crippen molar-refractivity contribution in [2.24, 2.45) is 0 Å². The number of sulfonamides is 1. The number of rotatable bonds is 4. The maximum atomic E-state index is 12.7. The lowest BCUT2D eigenvalue weighted by molar-refractivity contribution is 0.583. The van der Waals surface area contributed by atoms with Gasteiger partial charge in [0, 0.05) is 6.54 Å². The summed E-state index contributed by atoms with van der Waals surface area (Å²) in [4.78, 5) is 0.335. The van der Waals surface area contributed by atoms with Crippen molar-refractivity contribution in [1.29, 1.82) is 5.26 Å². The van der Waals surface area contributed by atoms with E-state index in [-0.39, 0.29) is 16.6 Å². The van der Waals surface area contributed by atoms with E-state index >= 15 is 0 Å². The Bertz CT molecular complexity index is 715. The van der Waals surface area contributed by atoms with Crippen LogP contribution in [0.4, 0.5) is 4.39 Å². The molecule has 4 nitrogen and oxygen atoms in total. The number of thiophene rings is 1. The third-order valence-corrected chi connectivity index (χ3v) is 5.22. The normalized spacial score (nSPS) is 11.2. The van der Waals surface area contributed by atoms with Gasteiger partial charge < -0.3 is 0 Å². The third kappa shape index (κ3) is 3.38. The maximum absolute atomic E-state index is 12.7. The standard InChI is InChI=1S/C12H9FN2O2S2/c13-10-3-1-9(2-4-10)8-15-19(16,17)12-6-5-11(7-14)18-12/h1-6,15H,8H2. The molecule has 1 N–H and O–H groups in total. The van der Waals surface area contributed by atoms with Crippen LogP contribution in [0.25, 0.3) is 0 Å². The van der Waals surface area contributed by atoms with Crippen LogP contribution in [0.2, 0.25) is 0 Å². The van der Waals surface area contributed by atoms with Crippen LogP contribution < -0.4 is 4.72 Å². The molecule has 1 aromatic carbocycles. The predicted molar refractivity (Wildman–Crippen MR) is 69.5 cm³/mol. The first-order chi connectivity index (χ1) is 9.01. The molecule has 98 valence electrons. The largest absolute Gasteiger partial charge is 0.250 e. The van der Waals surface area contributed by atoms with Crippen LogP contribution in [-0.4, -0.2) is 8.42 Å². The van der Waals surface area contributed by atoms with Crippen LogP contribution in [0.5, 0.6) is 0 Å². The molecule has 2 aromatic rings. The van der Waals surface area contributed by atoms with E-state index in [4.69, 9.17) is 5.26 Å². The lowest BCUT2D eigenvalue weighted by atomic mass is 10.2. The summed E-state index contributed by atoms with van der Waals surface area (Å²) in [6.07, 6.45) is 0. The second-order valence-corrected chi connectivity index (χ2v) is 6.76. The summed E-state index contributed by atoms with van der Waals surface area (Å²) in [7, 11) is -3.63. The van der Waals surface area contributed by atoms with Gasteiger partial charge in [0.15, 0.2) is 0 Å². The molecule has 0 aliphatic heterocycles. The van der Waals surface area contributed by atoms with E-state index in [1.807, 2.05) is 6.07 Å². The van der Waals surface area contributed by atoms with Gasteiger partial charge in [-0.1, -0.05) is 12.1 Å². The van der Waals surface area contributed by atoms with Crippen molar-refractivity contribution in [1.82, 2.24) is 4.72 Å². The summed E-state index contributed by atoms with van der Waals surface area (Å²) in [6.45, 7) is 0.0718. The number of nitriles is 1. The molecule has 0 aliphatic rings. The molecular formula is C12H9FN2O2S2. The molecule has 0 saturated carbocycles. The summed E-state index contributed by atoms with van der Waals surface area (Å²) in [5, 5.41) is 8.66. The first-order valence-electron chi connectivity index (χ1n) is 5.25. The Kier molecular flexibility index (Phi) is 3.95. The van der Waals surface area contributed by atoms with Gasteiger partial charge in [0.1, 0.15) is 21.0 Å². The van der Waals surface area contributed by atoms with Gasteiger partial charge in [-0.3, -0.25) is 0 Å². The highest BCUT2D eigenvalue weighted by Gasteiger charge is 2.16. The molecule has 1 heterocycles. The molecule has 0 bridgehead atoms. The first kappa shape index (κ1) is 13.7. The van der Waals surface area contributed by atoms with Crippen molar-refractivity contribution in [3.05, 3.63) is 52.7 Å². The quantitative estimate of drug-likeness (QED) is 0.940. The van der Waals surface area contributed by atoms with Crippen molar-refractivity contribution in [2.75, 3.05) is 0 Å². The van der Waals surface area contributed by atoms with Crippen molar-refractivity contribution in [2.45, 2.75) is 10.8 Å². The van der Waals surface area contributed by atoms with E-state index < -0.39 is 10.0 Å². The molecule has 0 amide bonds. The maximum Gasteiger partial charge on any atom is 0.250 e. The minimum Gasteiger partial charge on any atom is -0.207 e. The zero-order valence-electron chi connectivity index (χ0n) is 9.63. The summed E-state index contributed by atoms with van der Waals surface area (Å²) in [6, 6.07) is 10.3. The summed E-state index contributed by atoms with van der Waals surface area (Å²) < 4.78 is 39.0. The molecule has 0 fully saturated rings. The summed E-state index contributed by atoms with van der Waals surface area (Å²) in [5.41, 5.74) is 0.655. The van der Waals surface area contributed by atoms with Crippen LogP contribution in [0.3, 0.4) is 0 Å². The highest BCUT2D eigenvalue weighted by atomic mass is 32.2. The van der Waals surface area contributed by atoms with E-state index in [0.717, 1.165) is 11.3 Å². The topological polar surface area (TPSA) is 70.0 Å². The molecule has 0 spiro atoms. The second-order valence-electron chi connectivity index (χ2n) is 3.68. The van der Waals surface area contributed by atoms with Gasteiger partial charge in [-0.25, -0.2) is 17.5 Å². The number of hydrogen-bond donors (Lipinski definition) is 1. The molecule has 0 atom stereocenters. The number of nitrogens with one attached hydrogen (secondary N) is 1. The van der Waals surface area contributed by atoms with Crippen LogP contribution in [0.1, 0.15) is 10.4 Å². The van der Waals surface area contributed by atoms with Gasteiger partial charge in [0.2, 0.25) is 10.0 Å². The van der Waals surface area contributed by atoms with E-state index in [1.54, 1.807) is 0 Å². The van der Waals surface area contributed by atoms with Crippen molar-refractivity contribution >= 4 is 21.4 Å². The molecule has 0 saturated heterocycles. The Balaban J connectivity index is 2.10. The smallest absolute Gasteiger partial charge is 0.207 e. The SMILES string of the molecule is N#Cc1ccc(S(=O)(=O)NCc2ccc(F)cc2)s1. The zero-order chi connectivity index (χ0) is 13.9. The number of nitrogens with zero attached hydrogens (tertiary/aromatic N) is 1. The first-order valence-corrected chi connectivity index (χ1v) is 7.55. The lowest BCUT2D eigenvalue weighted by Crippen LogP contribution is -2.22. The molecule has 0 radical (unpaired) electrons. The molecule has 0 unspecified atom stereocenters. The number of halogens is 1. The van der Waals surface area contributed by atoms with Crippen molar-refractivity contribution in [3.8, 4) is 6.07 Å². The molecule has 0 aliphatic carbocycles. The summed E-state index contributed by atoms with van der Waals surface area (Å²) >= 11 is 0.906. The van der Waals surface area contributed by atoms with Crippen LogP contribution >= 0.6 is 11.3 Å². The second kappa shape index (κ2) is 5.48. The monoisotopic (exact) mass is 296 g/mol. The Morgan fingerprint density at radius 2 is 1.89 bits per heavy atom. The minimum atomic E-state index is -3.63. The van der Waals surface area contributed by atoms with Gasteiger partial charge in [0.25, 0.3) is 0 Å². The van der Waals surface area contributed by atoms with Gasteiger partial charge in [0.05, 0.1) is 0 Å². The minimum absolute atomic E-state index is 0.0718. The predicted octanol–water partition coefficient (Wildman–Crippen LogP) is 2.24. The van der Waals surface area contributed by atoms with Gasteiger partial charge in [-0.05, 0) is 29.8 Å². The van der Waals surface area contributed by atoms with Gasteiger partial charge in [-0.15, -0.1) is 11.3 Å². The highest BCUT2D eigenvalue weighted by molar-refractivity contribution is 7.91. The molecule has 19 heavy (non-hydrogen) atoms. The number of hydrogen-bond acceptors (Lipinski definition) is 4. The van der Waals surface area contributed by atoms with E-state index in [2.05, 4.69) is 4.72 Å². The zero-order valence-corrected chi connectivity index (χ0v) is 11.3. The van der Waals surface area contributed by atoms with Crippen LogP contribution in [0.15, 0.2) is 40.6 Å². The Morgan fingerprint density at radius 1 is 1.21 bits per heavy atom. The van der Waals surface area contributed by atoms with Crippen LogP contribution in [-0.2, 0) is 16.6 Å². The highest BCUT2D eigenvalue weighted by Crippen LogP contribution is 2.20. The fourth-order valence-electron chi connectivity index (χ4n) is 1.38. The van der Waals surface area contributed by atoms with Crippen LogP contribution in [0, 0.1) is 17.1 Å². The molecule has 2 rings (SSSR count). The third-order valence-electron chi connectivity index (χ3n) is 2.34. The van der Waals surface area contributed by atoms with Crippen molar-refractivity contribution in [3.63, 3.8) is 0 Å². The van der Waals surface area contributed by atoms with Gasteiger partial charge >= 0.3 is 0 Å². The fraction of sp³-hybridized carbons (Fsp3) is 0.0833. The Hall–Kier alpha value is -1.75. The summed E-state index contributed by atoms with van der Waals surface area (Å²) in [5.74, 6) is -0.372. The van der Waals surface area contributed by atoms with E-state index in [1.165, 1.54) is 36.4 Å². The van der Waals surface area contributed by atoms with E-state index in [9.17, 15) is 12.8 Å². The Morgan fingerprint density at radius 3 is 2.47 bits per heavy atom. The fourth-order valence-corrected chi connectivity index (χ4v) is 3.54. The average molecular weight is 296 g/mol. The molecule has 7 heteroatoms. The lowest BCUT2D eigenvalue weighted by Gasteiger charge is -2.04. The Labute approximate surface area is 114 Å². The van der Waals surface area contributed by atoms with E-state index in [0.29, 0.717) is 10.4 Å². The number of benzene rings is 1. The average Bonchev–Trinajstić information content (AvgIpc) is 2.88.